The fourth-order valence-corrected chi connectivity index (χ4v) is 2.79. The van der Waals surface area contributed by atoms with Crippen molar-refractivity contribution in [1.82, 2.24) is 0 Å². The van der Waals surface area contributed by atoms with E-state index in [1.807, 2.05) is 60.7 Å². The van der Waals surface area contributed by atoms with E-state index in [1.165, 1.54) is 0 Å². The van der Waals surface area contributed by atoms with Crippen LogP contribution in [0, 0.1) is 11.3 Å². The van der Waals surface area contributed by atoms with Crippen molar-refractivity contribution in [3.05, 3.63) is 106 Å². The quantitative estimate of drug-likeness (QED) is 0.288. The number of hydrogen-bond donors (Lipinski definition) is 0. The molecule has 0 aromatic heterocycles. The van der Waals surface area contributed by atoms with Crippen molar-refractivity contribution in [2.45, 2.75) is 6.61 Å². The lowest BCUT2D eigenvalue weighted by molar-refractivity contribution is 0.104. The van der Waals surface area contributed by atoms with Crippen LogP contribution in [0.2, 0.25) is 0 Å². The van der Waals surface area contributed by atoms with Gasteiger partial charge in [0, 0.05) is 15.6 Å². The van der Waals surface area contributed by atoms with Crippen molar-refractivity contribution >= 4 is 27.8 Å². The molecule has 0 fully saturated rings. The first-order valence-corrected chi connectivity index (χ1v) is 9.14. The Morgan fingerprint density at radius 3 is 2.33 bits per heavy atom. The summed E-state index contributed by atoms with van der Waals surface area (Å²) in [5, 5.41) is 9.46. The second-order valence-electron chi connectivity index (χ2n) is 5.82. The lowest BCUT2D eigenvalue weighted by atomic mass is 10.0. The van der Waals surface area contributed by atoms with Gasteiger partial charge < -0.3 is 4.74 Å². The summed E-state index contributed by atoms with van der Waals surface area (Å²) in [4.78, 5) is 12.6. The van der Waals surface area contributed by atoms with Crippen LogP contribution in [0.15, 0.2) is 88.9 Å². The molecule has 3 aromatic carbocycles. The maximum atomic E-state index is 12.6. The number of Topliss-reactive ketones (excluding diaryl/α,β-unsaturated/α-hetero) is 1. The van der Waals surface area contributed by atoms with Crippen molar-refractivity contribution in [3.63, 3.8) is 0 Å². The third-order valence-corrected chi connectivity index (χ3v) is 4.46. The lowest BCUT2D eigenvalue weighted by Gasteiger charge is -2.10. The van der Waals surface area contributed by atoms with Crippen molar-refractivity contribution < 1.29 is 9.53 Å². The molecule has 0 amide bonds. The fraction of sp³-hybridized carbons (Fsp3) is 0.0435. The normalized spacial score (nSPS) is 10.9. The summed E-state index contributed by atoms with van der Waals surface area (Å²) in [7, 11) is 0. The number of carbonyl (C=O) groups is 1. The minimum atomic E-state index is -0.305. The number of rotatable bonds is 6. The molecule has 0 aliphatic rings. The van der Waals surface area contributed by atoms with Gasteiger partial charge in [-0.25, -0.2) is 0 Å². The van der Waals surface area contributed by atoms with Gasteiger partial charge in [-0.2, -0.15) is 5.26 Å². The summed E-state index contributed by atoms with van der Waals surface area (Å²) >= 11 is 3.41. The van der Waals surface area contributed by atoms with Crippen LogP contribution in [-0.4, -0.2) is 5.78 Å². The smallest absolute Gasteiger partial charge is 0.203 e. The third kappa shape index (κ3) is 4.93. The van der Waals surface area contributed by atoms with Crippen LogP contribution in [0.1, 0.15) is 21.5 Å². The molecular weight excluding hydrogens is 402 g/mol. The van der Waals surface area contributed by atoms with Gasteiger partial charge in [-0.15, -0.1) is 0 Å². The fourth-order valence-electron chi connectivity index (χ4n) is 2.52. The molecular formula is C23H16BrNO2. The lowest BCUT2D eigenvalue weighted by Crippen LogP contribution is -2.02. The summed E-state index contributed by atoms with van der Waals surface area (Å²) in [6.45, 7) is 0.395. The summed E-state index contributed by atoms with van der Waals surface area (Å²) in [6, 6.07) is 26.0. The van der Waals surface area contributed by atoms with Gasteiger partial charge in [0.15, 0.2) is 0 Å². The van der Waals surface area contributed by atoms with Gasteiger partial charge in [0.25, 0.3) is 0 Å². The maximum Gasteiger partial charge on any atom is 0.203 e. The van der Waals surface area contributed by atoms with Crippen molar-refractivity contribution in [1.29, 1.82) is 5.26 Å². The highest BCUT2D eigenvalue weighted by molar-refractivity contribution is 9.10. The van der Waals surface area contributed by atoms with Crippen molar-refractivity contribution in [2.75, 3.05) is 0 Å². The zero-order valence-electron chi connectivity index (χ0n) is 14.4. The maximum absolute atomic E-state index is 12.6. The van der Waals surface area contributed by atoms with Crippen LogP contribution >= 0.6 is 15.9 Å². The van der Waals surface area contributed by atoms with E-state index in [-0.39, 0.29) is 11.4 Å². The number of ketones is 1. The van der Waals surface area contributed by atoms with Gasteiger partial charge >= 0.3 is 0 Å². The average molecular weight is 418 g/mol. The molecule has 3 rings (SSSR count). The molecule has 0 saturated carbocycles. The number of para-hydroxylation sites is 1. The van der Waals surface area contributed by atoms with Gasteiger partial charge in [0.1, 0.15) is 24.0 Å². The summed E-state index contributed by atoms with van der Waals surface area (Å²) in [5.74, 6) is 0.315. The first-order valence-electron chi connectivity index (χ1n) is 8.35. The molecule has 27 heavy (non-hydrogen) atoms. The molecule has 0 unspecified atom stereocenters. The predicted molar refractivity (Wildman–Crippen MR) is 109 cm³/mol. The Kier molecular flexibility index (Phi) is 6.19. The first kappa shape index (κ1) is 18.6. The molecule has 132 valence electrons. The Hall–Kier alpha value is -3.16. The standard InChI is InChI=1S/C23H16BrNO2/c24-21-12-10-17(11-13-21)16-27-22-9-5-4-8-19(22)14-20(15-25)23(26)18-6-2-1-3-7-18/h1-14H,16H2. The van der Waals surface area contributed by atoms with E-state index >= 15 is 0 Å². The molecule has 0 radical (unpaired) electrons. The van der Waals surface area contributed by atoms with Crippen LogP contribution in [0.25, 0.3) is 6.08 Å². The highest BCUT2D eigenvalue weighted by Crippen LogP contribution is 2.23. The third-order valence-electron chi connectivity index (χ3n) is 3.93. The molecule has 3 aromatic rings. The van der Waals surface area contributed by atoms with Gasteiger partial charge in [0.2, 0.25) is 5.78 Å². The van der Waals surface area contributed by atoms with Crippen molar-refractivity contribution in [2.24, 2.45) is 0 Å². The second kappa shape index (κ2) is 8.98. The number of halogens is 1. The predicted octanol–water partition coefficient (Wildman–Crippen LogP) is 5.82. The molecule has 0 aliphatic carbocycles. The first-order chi connectivity index (χ1) is 13.2. The van der Waals surface area contributed by atoms with Crippen LogP contribution in [0.3, 0.4) is 0 Å². The zero-order valence-corrected chi connectivity index (χ0v) is 16.0. The Bertz CT molecular complexity index is 1000. The Labute approximate surface area is 166 Å². The molecule has 0 aliphatic heterocycles. The van der Waals surface area contributed by atoms with Crippen LogP contribution < -0.4 is 4.74 Å². The summed E-state index contributed by atoms with van der Waals surface area (Å²) in [6.07, 6.45) is 1.58. The number of ether oxygens (including phenoxy) is 1. The Balaban J connectivity index is 1.83. The molecule has 0 saturated heterocycles. The Morgan fingerprint density at radius 1 is 0.963 bits per heavy atom. The van der Waals surface area contributed by atoms with E-state index in [0.29, 0.717) is 23.5 Å². The average Bonchev–Trinajstić information content (AvgIpc) is 2.72. The molecule has 0 N–H and O–H groups in total. The van der Waals surface area contributed by atoms with Crippen molar-refractivity contribution in [3.8, 4) is 11.8 Å². The summed E-state index contributed by atoms with van der Waals surface area (Å²) < 4.78 is 6.92. The minimum absolute atomic E-state index is 0.0703. The molecule has 4 heteroatoms. The van der Waals surface area contributed by atoms with E-state index in [9.17, 15) is 10.1 Å². The number of nitriles is 1. The molecule has 0 spiro atoms. The molecule has 0 atom stereocenters. The number of nitrogens with zero attached hydrogens (tertiary/aromatic N) is 1. The van der Waals surface area contributed by atoms with Gasteiger partial charge in [-0.05, 0) is 29.8 Å². The van der Waals surface area contributed by atoms with E-state index in [2.05, 4.69) is 15.9 Å². The minimum Gasteiger partial charge on any atom is -0.488 e. The van der Waals surface area contributed by atoms with E-state index < -0.39 is 0 Å². The monoisotopic (exact) mass is 417 g/mol. The topological polar surface area (TPSA) is 50.1 Å². The summed E-state index contributed by atoms with van der Waals surface area (Å²) in [5.41, 5.74) is 2.27. The number of benzene rings is 3. The van der Waals surface area contributed by atoms with Crippen LogP contribution in [0.4, 0.5) is 0 Å². The van der Waals surface area contributed by atoms with E-state index in [4.69, 9.17) is 4.74 Å². The SMILES string of the molecule is N#CC(=Cc1ccccc1OCc1ccc(Br)cc1)C(=O)c1ccccc1. The number of hydrogen-bond acceptors (Lipinski definition) is 3. The number of carbonyl (C=O) groups excluding carboxylic acids is 1. The van der Waals surface area contributed by atoms with Gasteiger partial charge in [-0.1, -0.05) is 76.6 Å². The largest absolute Gasteiger partial charge is 0.488 e. The Morgan fingerprint density at radius 2 is 1.63 bits per heavy atom. The van der Waals surface area contributed by atoms with E-state index in [0.717, 1.165) is 10.0 Å². The van der Waals surface area contributed by atoms with E-state index in [1.54, 1.807) is 30.3 Å². The molecule has 0 bridgehead atoms. The molecule has 3 nitrogen and oxygen atoms in total. The second-order valence-corrected chi connectivity index (χ2v) is 6.73. The van der Waals surface area contributed by atoms with Crippen LogP contribution in [-0.2, 0) is 6.61 Å². The van der Waals surface area contributed by atoms with Gasteiger partial charge in [-0.3, -0.25) is 4.79 Å². The molecule has 0 heterocycles. The zero-order chi connectivity index (χ0) is 19.1. The highest BCUT2D eigenvalue weighted by atomic mass is 79.9. The number of allylic oxidation sites excluding steroid dienone is 1. The van der Waals surface area contributed by atoms with Gasteiger partial charge in [0.05, 0.1) is 0 Å². The highest BCUT2D eigenvalue weighted by Gasteiger charge is 2.13. The van der Waals surface area contributed by atoms with Crippen LogP contribution in [0.5, 0.6) is 5.75 Å².